The number of hydrogen-bond acceptors (Lipinski definition) is 9. The van der Waals surface area contributed by atoms with Crippen LogP contribution in [0.1, 0.15) is 85.6 Å². The number of nitrogens with one attached hydrogen (secondary N) is 2. The Morgan fingerprint density at radius 3 is 2.13 bits per heavy atom. The number of fused-ring (bicyclic) bond motifs is 1. The van der Waals surface area contributed by atoms with Crippen LogP contribution in [-0.4, -0.2) is 51.5 Å². The van der Waals surface area contributed by atoms with Gasteiger partial charge in [0.2, 0.25) is 11.9 Å². The van der Waals surface area contributed by atoms with E-state index in [9.17, 15) is 14.7 Å². The van der Waals surface area contributed by atoms with Crippen molar-refractivity contribution in [3.8, 4) is 0 Å². The Bertz CT molecular complexity index is 1060. The van der Waals surface area contributed by atoms with Crippen molar-refractivity contribution in [3.63, 3.8) is 0 Å². The number of aromatic nitrogens is 1. The van der Waals surface area contributed by atoms with Crippen molar-refractivity contribution < 1.29 is 28.6 Å². The molecule has 11 nitrogen and oxygen atoms in total. The molecule has 1 aliphatic rings. The van der Waals surface area contributed by atoms with Gasteiger partial charge in [0, 0.05) is 6.04 Å². The van der Waals surface area contributed by atoms with Gasteiger partial charge < -0.3 is 24.7 Å². The average molecular weight is 532 g/mol. The number of nitrogens with zero attached hydrogens (tertiary/aromatic N) is 2. The number of ether oxygens (including phenoxy) is 2. The van der Waals surface area contributed by atoms with E-state index in [2.05, 4.69) is 20.6 Å². The highest BCUT2D eigenvalue weighted by molar-refractivity contribution is 6.01. The van der Waals surface area contributed by atoms with Crippen molar-refractivity contribution in [1.29, 1.82) is 0 Å². The zero-order valence-electron chi connectivity index (χ0n) is 23.1. The Kier molecular flexibility index (Phi) is 9.37. The molecule has 38 heavy (non-hydrogen) atoms. The monoisotopic (exact) mass is 531 g/mol. The van der Waals surface area contributed by atoms with Gasteiger partial charge in [0.25, 0.3) is 0 Å². The number of aliphatic hydroxyl groups excluding tert-OH is 1. The minimum absolute atomic E-state index is 0.0139. The molecule has 210 valence electrons. The first-order valence-electron chi connectivity index (χ1n) is 13.1. The fourth-order valence-electron chi connectivity index (χ4n) is 4.30. The number of guanidine groups is 1. The van der Waals surface area contributed by atoms with Gasteiger partial charge in [-0.3, -0.25) is 10.6 Å². The van der Waals surface area contributed by atoms with Crippen LogP contribution in [0.2, 0.25) is 0 Å². The number of hydrogen-bond donors (Lipinski definition) is 4. The zero-order valence-corrected chi connectivity index (χ0v) is 23.1. The maximum Gasteiger partial charge on any atom is 0.414 e. The second-order valence-electron chi connectivity index (χ2n) is 11.8. The number of para-hydroxylation sites is 2. The largest absolute Gasteiger partial charge is 0.444 e. The summed E-state index contributed by atoms with van der Waals surface area (Å²) >= 11 is 0. The summed E-state index contributed by atoms with van der Waals surface area (Å²) in [6.07, 6.45) is 1.27. The Balaban J connectivity index is 1.58. The lowest BCUT2D eigenvalue weighted by atomic mass is 9.82. The van der Waals surface area contributed by atoms with Crippen LogP contribution in [0.3, 0.4) is 0 Å². The molecule has 0 bridgehead atoms. The van der Waals surface area contributed by atoms with E-state index in [-0.39, 0.29) is 23.8 Å². The fraction of sp³-hybridized carbons (Fsp3) is 0.630. The third-order valence-corrected chi connectivity index (χ3v) is 5.94. The SMILES string of the molecule is CC(C)(C)OC(=O)NC(=NC1CCC(C[C@H](N)C(O)c2nc3ccccc3o2)CC1)NC(=O)OC(C)(C)C. The molecule has 5 N–H and O–H groups in total. The highest BCUT2D eigenvalue weighted by Crippen LogP contribution is 2.32. The molecule has 11 heteroatoms. The first kappa shape index (κ1) is 29.4. The molecule has 2 atom stereocenters. The summed E-state index contributed by atoms with van der Waals surface area (Å²) in [5.74, 6) is 0.500. The normalized spacial score (nSPS) is 19.8. The molecule has 1 unspecified atom stereocenters. The Morgan fingerprint density at radius 1 is 1.05 bits per heavy atom. The zero-order chi connectivity index (χ0) is 28.1. The maximum absolute atomic E-state index is 12.3. The van der Waals surface area contributed by atoms with Crippen molar-refractivity contribution >= 4 is 29.2 Å². The average Bonchev–Trinajstić information content (AvgIpc) is 3.21. The van der Waals surface area contributed by atoms with Gasteiger partial charge in [0.15, 0.2) is 5.58 Å². The number of benzene rings is 1. The van der Waals surface area contributed by atoms with Crippen LogP contribution >= 0.6 is 0 Å². The van der Waals surface area contributed by atoms with Crippen LogP contribution in [0, 0.1) is 5.92 Å². The van der Waals surface area contributed by atoms with E-state index >= 15 is 0 Å². The Morgan fingerprint density at radius 2 is 1.61 bits per heavy atom. The summed E-state index contributed by atoms with van der Waals surface area (Å²) in [4.78, 5) is 33.6. The Labute approximate surface area is 223 Å². The first-order valence-corrected chi connectivity index (χ1v) is 13.1. The van der Waals surface area contributed by atoms with E-state index < -0.39 is 35.5 Å². The molecule has 0 saturated heterocycles. The minimum Gasteiger partial charge on any atom is -0.444 e. The van der Waals surface area contributed by atoms with Crippen molar-refractivity contribution in [1.82, 2.24) is 15.6 Å². The smallest absolute Gasteiger partial charge is 0.414 e. The van der Waals surface area contributed by atoms with Crippen LogP contribution in [0.5, 0.6) is 0 Å². The molecule has 2 amide bonds. The molecular weight excluding hydrogens is 490 g/mol. The van der Waals surface area contributed by atoms with Gasteiger partial charge in [0.05, 0.1) is 6.04 Å². The number of amides is 2. The number of rotatable bonds is 5. The van der Waals surface area contributed by atoms with Crippen LogP contribution in [0.4, 0.5) is 9.59 Å². The molecule has 1 fully saturated rings. The van der Waals surface area contributed by atoms with E-state index in [0.29, 0.717) is 17.5 Å². The van der Waals surface area contributed by atoms with Crippen LogP contribution < -0.4 is 16.4 Å². The van der Waals surface area contributed by atoms with E-state index in [1.54, 1.807) is 47.6 Å². The standard InChI is InChI=1S/C27H41N5O6/c1-26(2,3)37-24(34)31-23(32-25(35)38-27(4,5)6)29-17-13-11-16(12-14-17)15-18(28)21(33)22-30-19-9-7-8-10-20(19)36-22/h7-10,16-18,21,33H,11-15,28H2,1-6H3,(H2,29,31,32,34,35)/t16?,17?,18-,21?/m0/s1. The quantitative estimate of drug-likeness (QED) is 0.323. The molecular formula is C27H41N5O6. The number of oxazole rings is 1. The van der Waals surface area contributed by atoms with Crippen molar-refractivity contribution in [2.45, 2.75) is 103 Å². The first-order chi connectivity index (χ1) is 17.7. The summed E-state index contributed by atoms with van der Waals surface area (Å²) < 4.78 is 16.3. The topological polar surface area (TPSA) is 161 Å². The molecule has 1 heterocycles. The van der Waals surface area contributed by atoms with E-state index in [0.717, 1.165) is 25.7 Å². The van der Waals surface area contributed by atoms with Gasteiger partial charge >= 0.3 is 12.2 Å². The van der Waals surface area contributed by atoms with Crippen LogP contribution in [0.25, 0.3) is 11.1 Å². The molecule has 0 radical (unpaired) electrons. The van der Waals surface area contributed by atoms with Crippen molar-refractivity contribution in [2.24, 2.45) is 16.6 Å². The van der Waals surface area contributed by atoms with Gasteiger partial charge in [-0.2, -0.15) is 0 Å². The minimum atomic E-state index is -0.999. The van der Waals surface area contributed by atoms with Gasteiger partial charge in [-0.1, -0.05) is 12.1 Å². The maximum atomic E-state index is 12.3. The molecule has 1 aromatic carbocycles. The predicted molar refractivity (Wildman–Crippen MR) is 143 cm³/mol. The summed E-state index contributed by atoms with van der Waals surface area (Å²) in [6, 6.07) is 6.69. The van der Waals surface area contributed by atoms with E-state index in [1.807, 2.05) is 18.2 Å². The summed E-state index contributed by atoms with van der Waals surface area (Å²) in [5.41, 5.74) is 6.21. The summed E-state index contributed by atoms with van der Waals surface area (Å²) in [7, 11) is 0. The Hall–Kier alpha value is -3.18. The number of nitrogens with two attached hydrogens (primary N) is 1. The number of alkyl carbamates (subject to hydrolysis) is 2. The number of carbonyl (C=O) groups is 2. The molecule has 3 rings (SSSR count). The third-order valence-electron chi connectivity index (χ3n) is 5.94. The highest BCUT2D eigenvalue weighted by atomic mass is 16.6. The second-order valence-corrected chi connectivity index (χ2v) is 11.8. The lowest BCUT2D eigenvalue weighted by Gasteiger charge is -2.29. The fourth-order valence-corrected chi connectivity index (χ4v) is 4.30. The summed E-state index contributed by atoms with van der Waals surface area (Å²) in [6.45, 7) is 10.5. The van der Waals surface area contributed by atoms with Crippen molar-refractivity contribution in [3.05, 3.63) is 30.2 Å². The molecule has 0 aliphatic heterocycles. The molecule has 1 saturated carbocycles. The number of carbonyl (C=O) groups excluding carboxylic acids is 2. The number of aliphatic imine (C=N–C) groups is 1. The highest BCUT2D eigenvalue weighted by Gasteiger charge is 2.29. The van der Waals surface area contributed by atoms with E-state index in [1.165, 1.54) is 0 Å². The second kappa shape index (κ2) is 12.1. The van der Waals surface area contributed by atoms with Gasteiger partial charge in [-0.15, -0.1) is 0 Å². The molecule has 1 aromatic heterocycles. The van der Waals surface area contributed by atoms with Crippen molar-refractivity contribution in [2.75, 3.05) is 0 Å². The van der Waals surface area contributed by atoms with Gasteiger partial charge in [-0.25, -0.2) is 19.6 Å². The third kappa shape index (κ3) is 9.29. The predicted octanol–water partition coefficient (Wildman–Crippen LogP) is 4.54. The van der Waals surface area contributed by atoms with Gasteiger partial charge in [-0.05, 0) is 91.7 Å². The molecule has 0 spiro atoms. The van der Waals surface area contributed by atoms with Gasteiger partial charge in [0.1, 0.15) is 22.8 Å². The number of aliphatic hydroxyl groups is 1. The summed E-state index contributed by atoms with van der Waals surface area (Å²) in [5, 5.41) is 15.8. The molecule has 2 aromatic rings. The lowest BCUT2D eigenvalue weighted by molar-refractivity contribution is 0.0544. The molecule has 1 aliphatic carbocycles. The van der Waals surface area contributed by atoms with Crippen LogP contribution in [-0.2, 0) is 9.47 Å². The lowest BCUT2D eigenvalue weighted by Crippen LogP contribution is -2.47. The van der Waals surface area contributed by atoms with Crippen LogP contribution in [0.15, 0.2) is 33.7 Å². The van der Waals surface area contributed by atoms with E-state index in [4.69, 9.17) is 19.6 Å².